The van der Waals surface area contributed by atoms with Gasteiger partial charge in [-0.1, -0.05) is 17.8 Å². The molecule has 0 atom stereocenters. The predicted molar refractivity (Wildman–Crippen MR) is 73.0 cm³/mol. The van der Waals surface area contributed by atoms with Gasteiger partial charge in [0, 0.05) is 12.8 Å². The number of hydrogen-bond acceptors (Lipinski definition) is 5. The fourth-order valence-electron chi connectivity index (χ4n) is 1.59. The maximum absolute atomic E-state index is 9.04. The van der Waals surface area contributed by atoms with Crippen LogP contribution in [0, 0.1) is 18.3 Å². The fraction of sp³-hybridized carbons (Fsp3) is 0.308. The number of nitrogens with zero attached hydrogens (tertiary/aromatic N) is 4. The molecule has 2 aromatic rings. The Labute approximate surface area is 116 Å². The first kappa shape index (κ1) is 13.4. The number of rotatable bonds is 4. The van der Waals surface area contributed by atoms with Crippen LogP contribution in [0.15, 0.2) is 23.4 Å². The SMILES string of the molecule is COc1ccc(CSc2nnc(C)n2C)cc1C#N. The van der Waals surface area contributed by atoms with E-state index in [-0.39, 0.29) is 0 Å². The van der Waals surface area contributed by atoms with Gasteiger partial charge < -0.3 is 9.30 Å². The Balaban J connectivity index is 2.12. The lowest BCUT2D eigenvalue weighted by Crippen LogP contribution is -1.94. The second kappa shape index (κ2) is 5.76. The summed E-state index contributed by atoms with van der Waals surface area (Å²) in [7, 11) is 3.50. The van der Waals surface area contributed by atoms with Crippen LogP contribution in [0.4, 0.5) is 0 Å². The molecule has 5 nitrogen and oxygen atoms in total. The number of methoxy groups -OCH3 is 1. The van der Waals surface area contributed by atoms with Crippen LogP contribution >= 0.6 is 11.8 Å². The molecule has 98 valence electrons. The highest BCUT2D eigenvalue weighted by atomic mass is 32.2. The molecule has 6 heteroatoms. The Kier molecular flexibility index (Phi) is 4.07. The summed E-state index contributed by atoms with van der Waals surface area (Å²) in [4.78, 5) is 0. The number of ether oxygens (including phenoxy) is 1. The van der Waals surface area contributed by atoms with E-state index >= 15 is 0 Å². The number of hydrogen-bond donors (Lipinski definition) is 0. The van der Waals surface area contributed by atoms with Crippen molar-refractivity contribution in [3.8, 4) is 11.8 Å². The molecule has 0 saturated carbocycles. The number of aromatic nitrogens is 3. The van der Waals surface area contributed by atoms with Crippen molar-refractivity contribution in [2.24, 2.45) is 7.05 Å². The molecule has 0 radical (unpaired) electrons. The molecule has 0 N–H and O–H groups in total. The van der Waals surface area contributed by atoms with Crippen LogP contribution in [-0.4, -0.2) is 21.9 Å². The lowest BCUT2D eigenvalue weighted by molar-refractivity contribution is 0.413. The van der Waals surface area contributed by atoms with Gasteiger partial charge in [-0.05, 0) is 24.6 Å². The Morgan fingerprint density at radius 1 is 1.42 bits per heavy atom. The second-order valence-corrected chi connectivity index (χ2v) is 4.97. The van der Waals surface area contributed by atoms with Gasteiger partial charge in [-0.25, -0.2) is 0 Å². The largest absolute Gasteiger partial charge is 0.495 e. The zero-order valence-electron chi connectivity index (χ0n) is 11.0. The van der Waals surface area contributed by atoms with E-state index in [2.05, 4.69) is 16.3 Å². The minimum absolute atomic E-state index is 0.551. The minimum atomic E-state index is 0.551. The van der Waals surface area contributed by atoms with Crippen LogP contribution in [0.3, 0.4) is 0 Å². The maximum atomic E-state index is 9.04. The third-order valence-electron chi connectivity index (χ3n) is 2.80. The molecule has 0 saturated heterocycles. The molecule has 19 heavy (non-hydrogen) atoms. The summed E-state index contributed by atoms with van der Waals surface area (Å²) in [5.41, 5.74) is 1.61. The smallest absolute Gasteiger partial charge is 0.191 e. The summed E-state index contributed by atoms with van der Waals surface area (Å²) < 4.78 is 7.06. The van der Waals surface area contributed by atoms with Gasteiger partial charge in [0.25, 0.3) is 0 Å². The normalized spacial score (nSPS) is 10.2. The van der Waals surface area contributed by atoms with E-state index in [1.54, 1.807) is 18.9 Å². The summed E-state index contributed by atoms with van der Waals surface area (Å²) in [6.45, 7) is 1.91. The summed E-state index contributed by atoms with van der Waals surface area (Å²) in [5, 5.41) is 18.0. The third kappa shape index (κ3) is 2.88. The van der Waals surface area contributed by atoms with Crippen LogP contribution in [-0.2, 0) is 12.8 Å². The lowest BCUT2D eigenvalue weighted by Gasteiger charge is -2.05. The van der Waals surface area contributed by atoms with Crippen LogP contribution in [0.5, 0.6) is 5.75 Å². The van der Waals surface area contributed by atoms with E-state index in [0.29, 0.717) is 11.3 Å². The van der Waals surface area contributed by atoms with Crippen LogP contribution in [0.25, 0.3) is 0 Å². The first-order chi connectivity index (χ1) is 9.15. The monoisotopic (exact) mass is 274 g/mol. The van der Waals surface area contributed by atoms with Gasteiger partial charge in [-0.3, -0.25) is 0 Å². The summed E-state index contributed by atoms with van der Waals surface area (Å²) >= 11 is 1.59. The standard InChI is InChI=1S/C13H14N4OS/c1-9-15-16-13(17(9)2)19-8-10-4-5-12(18-3)11(6-10)7-14/h4-6H,8H2,1-3H3. The van der Waals surface area contributed by atoms with Crippen molar-refractivity contribution in [3.05, 3.63) is 35.2 Å². The number of benzene rings is 1. The van der Waals surface area contributed by atoms with Crippen molar-refractivity contribution in [2.75, 3.05) is 7.11 Å². The van der Waals surface area contributed by atoms with Gasteiger partial charge in [0.05, 0.1) is 12.7 Å². The highest BCUT2D eigenvalue weighted by Crippen LogP contribution is 2.24. The molecule has 0 amide bonds. The van der Waals surface area contributed by atoms with E-state index in [0.717, 1.165) is 22.3 Å². The molecular weight excluding hydrogens is 260 g/mol. The molecule has 0 bridgehead atoms. The zero-order chi connectivity index (χ0) is 13.8. The van der Waals surface area contributed by atoms with Crippen molar-refractivity contribution in [1.29, 1.82) is 5.26 Å². The summed E-state index contributed by atoms with van der Waals surface area (Å²) in [6.07, 6.45) is 0. The maximum Gasteiger partial charge on any atom is 0.191 e. The topological polar surface area (TPSA) is 63.7 Å². The quantitative estimate of drug-likeness (QED) is 0.800. The minimum Gasteiger partial charge on any atom is -0.495 e. The predicted octanol–water partition coefficient (Wildman–Crippen LogP) is 2.30. The zero-order valence-corrected chi connectivity index (χ0v) is 11.9. The highest BCUT2D eigenvalue weighted by molar-refractivity contribution is 7.98. The van der Waals surface area contributed by atoms with Gasteiger partial charge in [0.1, 0.15) is 17.6 Å². The van der Waals surface area contributed by atoms with Gasteiger partial charge in [0.2, 0.25) is 0 Å². The molecule has 0 fully saturated rings. The Bertz CT molecular complexity index is 630. The van der Waals surface area contributed by atoms with E-state index in [9.17, 15) is 0 Å². The molecule has 2 rings (SSSR count). The van der Waals surface area contributed by atoms with E-state index < -0.39 is 0 Å². The lowest BCUT2D eigenvalue weighted by atomic mass is 10.1. The van der Waals surface area contributed by atoms with Crippen molar-refractivity contribution in [2.45, 2.75) is 17.8 Å². The Hall–Kier alpha value is -2.00. The number of nitriles is 1. The van der Waals surface area contributed by atoms with Gasteiger partial charge >= 0.3 is 0 Å². The van der Waals surface area contributed by atoms with Crippen molar-refractivity contribution < 1.29 is 4.74 Å². The summed E-state index contributed by atoms with van der Waals surface area (Å²) in [6, 6.07) is 7.75. The summed E-state index contributed by atoms with van der Waals surface area (Å²) in [5.74, 6) is 2.23. The molecule has 0 unspecified atom stereocenters. The second-order valence-electron chi connectivity index (χ2n) is 4.02. The molecule has 0 spiro atoms. The first-order valence-electron chi connectivity index (χ1n) is 5.71. The van der Waals surface area contributed by atoms with Crippen LogP contribution in [0.2, 0.25) is 0 Å². The molecule has 1 aromatic heterocycles. The Morgan fingerprint density at radius 2 is 2.21 bits per heavy atom. The van der Waals surface area contributed by atoms with Crippen molar-refractivity contribution in [1.82, 2.24) is 14.8 Å². The molecule has 0 aliphatic heterocycles. The molecule has 0 aliphatic carbocycles. The highest BCUT2D eigenvalue weighted by Gasteiger charge is 2.08. The third-order valence-corrected chi connectivity index (χ3v) is 3.90. The average molecular weight is 274 g/mol. The van der Waals surface area contributed by atoms with Crippen LogP contribution in [0.1, 0.15) is 17.0 Å². The van der Waals surface area contributed by atoms with E-state index in [1.807, 2.05) is 36.7 Å². The molecule has 1 aromatic carbocycles. The fourth-order valence-corrected chi connectivity index (χ4v) is 2.49. The van der Waals surface area contributed by atoms with Gasteiger partial charge in [-0.15, -0.1) is 10.2 Å². The Morgan fingerprint density at radius 3 is 2.79 bits per heavy atom. The molecular formula is C13H14N4OS. The van der Waals surface area contributed by atoms with E-state index in [1.165, 1.54) is 0 Å². The van der Waals surface area contributed by atoms with Crippen molar-refractivity contribution in [3.63, 3.8) is 0 Å². The first-order valence-corrected chi connectivity index (χ1v) is 6.70. The van der Waals surface area contributed by atoms with Gasteiger partial charge in [-0.2, -0.15) is 5.26 Å². The average Bonchev–Trinajstić information content (AvgIpc) is 2.76. The molecule has 1 heterocycles. The van der Waals surface area contributed by atoms with Gasteiger partial charge in [0.15, 0.2) is 5.16 Å². The van der Waals surface area contributed by atoms with E-state index in [4.69, 9.17) is 10.00 Å². The van der Waals surface area contributed by atoms with Crippen LogP contribution < -0.4 is 4.74 Å². The molecule has 0 aliphatic rings. The number of thioether (sulfide) groups is 1. The van der Waals surface area contributed by atoms with Crippen molar-refractivity contribution >= 4 is 11.8 Å². The number of aryl methyl sites for hydroxylation is 1.